The molecular formula is C31H34Cl2N4O2S2. The molecule has 0 aromatic rings. The summed E-state index contributed by atoms with van der Waals surface area (Å²) in [6.45, 7) is 5.50. The van der Waals surface area contributed by atoms with Crippen LogP contribution in [0, 0.1) is 34.5 Å². The molecule has 2 amide bonds. The number of halogens is 2. The van der Waals surface area contributed by atoms with Gasteiger partial charge in [0.15, 0.2) is 0 Å². The number of rotatable bonds is 4. The van der Waals surface area contributed by atoms with E-state index in [0.29, 0.717) is 44.1 Å². The molecule has 6 nitrogen and oxygen atoms in total. The highest BCUT2D eigenvalue weighted by Crippen LogP contribution is 2.75. The Labute approximate surface area is 259 Å². The maximum absolute atomic E-state index is 14.2. The van der Waals surface area contributed by atoms with Crippen LogP contribution >= 0.6 is 46.7 Å². The van der Waals surface area contributed by atoms with Crippen molar-refractivity contribution in [2.75, 3.05) is 24.8 Å². The van der Waals surface area contributed by atoms with Gasteiger partial charge >= 0.3 is 0 Å². The third-order valence-corrected chi connectivity index (χ3v) is 14.4. The molecule has 4 N–H and O–H groups in total. The van der Waals surface area contributed by atoms with Gasteiger partial charge in [0.25, 0.3) is 0 Å². The molecule has 3 saturated carbocycles. The molecule has 0 aromatic carbocycles. The zero-order chi connectivity index (χ0) is 28.6. The number of amides is 2. The van der Waals surface area contributed by atoms with E-state index in [9.17, 15) is 9.59 Å². The molecule has 0 radical (unpaired) electrons. The van der Waals surface area contributed by atoms with Gasteiger partial charge in [-0.15, -0.1) is 46.7 Å². The predicted octanol–water partition coefficient (Wildman–Crippen LogP) is 5.04. The molecule has 0 saturated heterocycles. The van der Waals surface area contributed by atoms with E-state index in [1.54, 1.807) is 23.5 Å². The smallest absolute Gasteiger partial charge is 0.233 e. The van der Waals surface area contributed by atoms with E-state index in [4.69, 9.17) is 34.7 Å². The molecule has 41 heavy (non-hydrogen) atoms. The summed E-state index contributed by atoms with van der Waals surface area (Å²) in [7, 11) is 0. The normalized spacial score (nSPS) is 41.6. The number of hydrogen-bond acceptors (Lipinski definition) is 6. The minimum Gasteiger partial charge on any atom is -0.401 e. The van der Waals surface area contributed by atoms with E-state index >= 15 is 0 Å². The van der Waals surface area contributed by atoms with Crippen LogP contribution in [0.15, 0.2) is 68.0 Å². The second-order valence-electron chi connectivity index (χ2n) is 13.4. The monoisotopic (exact) mass is 628 g/mol. The molecule has 0 aromatic heterocycles. The second-order valence-corrected chi connectivity index (χ2v) is 16.0. The fourth-order valence-corrected chi connectivity index (χ4v) is 12.2. The van der Waals surface area contributed by atoms with Crippen LogP contribution in [-0.4, -0.2) is 57.0 Å². The van der Waals surface area contributed by atoms with E-state index < -0.39 is 10.8 Å². The van der Waals surface area contributed by atoms with Crippen LogP contribution in [0.4, 0.5) is 0 Å². The lowest BCUT2D eigenvalue weighted by Crippen LogP contribution is -2.72. The van der Waals surface area contributed by atoms with Crippen LogP contribution in [0.25, 0.3) is 0 Å². The largest absolute Gasteiger partial charge is 0.401 e. The molecule has 216 valence electrons. The zero-order valence-corrected chi connectivity index (χ0v) is 26.3. The third kappa shape index (κ3) is 3.37. The molecule has 2 bridgehead atoms. The summed E-state index contributed by atoms with van der Waals surface area (Å²) in [5.74, 6) is 1.90. The summed E-state index contributed by atoms with van der Waals surface area (Å²) < 4.78 is 0. The number of allylic oxidation sites excluding steroid dienone is 4. The minimum atomic E-state index is -0.472. The van der Waals surface area contributed by atoms with Crippen molar-refractivity contribution in [1.29, 1.82) is 0 Å². The molecule has 0 spiro atoms. The summed E-state index contributed by atoms with van der Waals surface area (Å²) in [6.07, 6.45) is 5.84. The van der Waals surface area contributed by atoms with Crippen molar-refractivity contribution in [3.05, 3.63) is 68.0 Å². The average Bonchev–Trinajstić information content (AvgIpc) is 3.65. The van der Waals surface area contributed by atoms with Gasteiger partial charge in [-0.1, -0.05) is 11.1 Å². The van der Waals surface area contributed by atoms with Gasteiger partial charge in [-0.05, 0) is 67.2 Å². The quantitative estimate of drug-likeness (QED) is 0.424. The number of hydrogen-bond donors (Lipinski definition) is 2. The van der Waals surface area contributed by atoms with Crippen molar-refractivity contribution in [2.24, 2.45) is 46.0 Å². The number of carbonyl (C=O) groups is 2. The van der Waals surface area contributed by atoms with Gasteiger partial charge in [-0.25, -0.2) is 0 Å². The van der Waals surface area contributed by atoms with E-state index in [1.165, 1.54) is 22.3 Å². The number of carbonyl (C=O) groups excluding carboxylic acids is 2. The van der Waals surface area contributed by atoms with Crippen LogP contribution in [0.1, 0.15) is 33.1 Å². The number of fused-ring (bicyclic) bond motifs is 4. The number of nitrogens with zero attached hydrogens (tertiary/aromatic N) is 2. The second kappa shape index (κ2) is 8.90. The SMILES string of the molecule is CC1=CSC2C(N)=CC3=C(C12)[C@H](CCl)CN3C(=O)C12CC(C(=O)N3C[C@@H](CCl)C4=C3C=C(N)C3SC=C(C)C43)(C1)C2. The highest BCUT2D eigenvalue weighted by atomic mass is 35.5. The van der Waals surface area contributed by atoms with Gasteiger partial charge in [0.2, 0.25) is 11.8 Å². The molecule has 3 fully saturated rings. The molecule has 9 rings (SSSR count). The first-order chi connectivity index (χ1) is 19.6. The number of nitrogens with two attached hydrogens (primary N) is 2. The van der Waals surface area contributed by atoms with Crippen molar-refractivity contribution >= 4 is 58.5 Å². The Hall–Kier alpha value is -1.74. The predicted molar refractivity (Wildman–Crippen MR) is 166 cm³/mol. The lowest BCUT2D eigenvalue weighted by Gasteiger charge is -2.69. The molecule has 9 aliphatic rings. The van der Waals surface area contributed by atoms with Gasteiger partial charge in [0.1, 0.15) is 0 Å². The first-order valence-corrected chi connectivity index (χ1v) is 17.4. The Bertz CT molecular complexity index is 1380. The van der Waals surface area contributed by atoms with Crippen molar-refractivity contribution < 1.29 is 9.59 Å². The summed E-state index contributed by atoms with van der Waals surface area (Å²) in [5.41, 5.74) is 20.8. The Morgan fingerprint density at radius 2 is 1.20 bits per heavy atom. The molecule has 5 aliphatic carbocycles. The van der Waals surface area contributed by atoms with Crippen LogP contribution in [0.2, 0.25) is 0 Å². The van der Waals surface area contributed by atoms with E-state index in [0.717, 1.165) is 22.8 Å². The van der Waals surface area contributed by atoms with Crippen molar-refractivity contribution in [3.63, 3.8) is 0 Å². The van der Waals surface area contributed by atoms with Gasteiger partial charge in [0, 0.05) is 71.3 Å². The first kappa shape index (κ1) is 26.9. The average molecular weight is 630 g/mol. The summed E-state index contributed by atoms with van der Waals surface area (Å²) in [4.78, 5) is 32.2. The molecular weight excluding hydrogens is 595 g/mol. The Balaban J connectivity index is 1.04. The summed E-state index contributed by atoms with van der Waals surface area (Å²) in [6, 6.07) is 0. The molecule has 6 atom stereocenters. The molecule has 4 aliphatic heterocycles. The summed E-state index contributed by atoms with van der Waals surface area (Å²) in [5, 5.41) is 4.79. The molecule has 10 heteroatoms. The molecule has 4 heterocycles. The van der Waals surface area contributed by atoms with Gasteiger partial charge in [0.05, 0.1) is 21.3 Å². The van der Waals surface area contributed by atoms with Crippen LogP contribution < -0.4 is 11.5 Å². The van der Waals surface area contributed by atoms with Gasteiger partial charge < -0.3 is 21.3 Å². The zero-order valence-electron chi connectivity index (χ0n) is 23.2. The first-order valence-electron chi connectivity index (χ1n) is 14.5. The fraction of sp³-hybridized carbons (Fsp3) is 0.548. The lowest BCUT2D eigenvalue weighted by atomic mass is 9.34. The maximum atomic E-state index is 14.2. The van der Waals surface area contributed by atoms with E-state index in [2.05, 4.69) is 24.7 Å². The topological polar surface area (TPSA) is 92.7 Å². The van der Waals surface area contributed by atoms with Crippen LogP contribution in [-0.2, 0) is 9.59 Å². The van der Waals surface area contributed by atoms with Crippen LogP contribution in [0.5, 0.6) is 0 Å². The van der Waals surface area contributed by atoms with Crippen molar-refractivity contribution in [3.8, 4) is 0 Å². The van der Waals surface area contributed by atoms with Crippen molar-refractivity contribution in [2.45, 2.75) is 43.6 Å². The third-order valence-electron chi connectivity index (χ3n) is 11.0. The fourth-order valence-electron chi connectivity index (χ4n) is 9.16. The Morgan fingerprint density at radius 3 is 1.56 bits per heavy atom. The highest BCUT2D eigenvalue weighted by Gasteiger charge is 2.76. The van der Waals surface area contributed by atoms with Gasteiger partial charge in [-0.2, -0.15) is 0 Å². The maximum Gasteiger partial charge on any atom is 0.233 e. The van der Waals surface area contributed by atoms with E-state index in [1.807, 2.05) is 22.0 Å². The molecule has 4 unspecified atom stereocenters. The summed E-state index contributed by atoms with van der Waals surface area (Å²) >= 11 is 16.5. The Morgan fingerprint density at radius 1 is 0.805 bits per heavy atom. The lowest BCUT2D eigenvalue weighted by molar-refractivity contribution is -0.219. The standard InChI is InChI=1S/C31H34Cl2N4O2S2/c1-14-9-40-26-18(34)3-20-24(22(14)26)16(5-32)7-36(20)28(38)30-11-31(12-30,13-30)29(39)37-8-17(6-33)25-21(37)4-19(35)27-23(25)15(2)10-41-27/h3-4,9-10,16-17,22-23,26-27H,5-8,11-13,34-35H2,1-2H3/t16-,17-,22?,23?,26?,27?,30?,31?/m1/s1. The van der Waals surface area contributed by atoms with E-state index in [-0.39, 0.29) is 46.0 Å². The number of alkyl halides is 2. The number of thioether (sulfide) groups is 2. The van der Waals surface area contributed by atoms with Crippen molar-refractivity contribution in [1.82, 2.24) is 9.80 Å². The van der Waals surface area contributed by atoms with Gasteiger partial charge in [-0.3, -0.25) is 9.59 Å². The minimum absolute atomic E-state index is 0.124. The van der Waals surface area contributed by atoms with Crippen LogP contribution in [0.3, 0.4) is 0 Å². The highest BCUT2D eigenvalue weighted by molar-refractivity contribution is 8.03. The Kier molecular flexibility index (Phi) is 5.83.